The van der Waals surface area contributed by atoms with E-state index in [0.717, 1.165) is 58.1 Å². The van der Waals surface area contributed by atoms with Crippen LogP contribution in [0, 0.1) is 23.1 Å². The van der Waals surface area contributed by atoms with Gasteiger partial charge in [0.2, 0.25) is 5.91 Å². The van der Waals surface area contributed by atoms with Crippen molar-refractivity contribution in [1.82, 2.24) is 10.3 Å². The summed E-state index contributed by atoms with van der Waals surface area (Å²) in [4.78, 5) is 21.6. The number of anilines is 1. The molecule has 1 amide bonds. The second-order valence-corrected chi connectivity index (χ2v) is 14.4. The van der Waals surface area contributed by atoms with Crippen LogP contribution in [0.5, 0.6) is 0 Å². The van der Waals surface area contributed by atoms with Crippen LogP contribution in [-0.2, 0) is 14.6 Å². The third-order valence-electron chi connectivity index (χ3n) is 8.36. The third-order valence-corrected chi connectivity index (χ3v) is 11.2. The number of sulfone groups is 1. The van der Waals surface area contributed by atoms with Gasteiger partial charge in [-0.25, -0.2) is 17.8 Å². The number of halogens is 1. The van der Waals surface area contributed by atoms with Crippen molar-refractivity contribution in [2.24, 2.45) is 5.92 Å². The lowest BCUT2D eigenvalue weighted by Crippen LogP contribution is -2.42. The minimum Gasteiger partial charge on any atom is -0.369 e. The molecule has 7 nitrogen and oxygen atoms in total. The highest BCUT2D eigenvalue weighted by atomic mass is 32.2. The summed E-state index contributed by atoms with van der Waals surface area (Å²) in [5.41, 5.74) is 2.83. The molecule has 1 N–H and O–H groups in total. The van der Waals surface area contributed by atoms with E-state index in [-0.39, 0.29) is 35.1 Å². The number of nitriles is 1. The first kappa shape index (κ1) is 26.9. The van der Waals surface area contributed by atoms with Gasteiger partial charge >= 0.3 is 0 Å². The molecule has 3 aromatic rings. The van der Waals surface area contributed by atoms with Gasteiger partial charge in [0.05, 0.1) is 23.3 Å². The van der Waals surface area contributed by atoms with Crippen LogP contribution >= 0.6 is 11.3 Å². The van der Waals surface area contributed by atoms with Gasteiger partial charge in [-0.2, -0.15) is 5.26 Å². The number of aromatic nitrogens is 1. The average molecular weight is 579 g/mol. The lowest BCUT2D eigenvalue weighted by molar-refractivity contribution is -0.127. The molecule has 1 aliphatic heterocycles. The van der Waals surface area contributed by atoms with Crippen LogP contribution in [0.25, 0.3) is 21.8 Å². The van der Waals surface area contributed by atoms with E-state index < -0.39 is 15.4 Å². The molecule has 3 aliphatic rings. The summed E-state index contributed by atoms with van der Waals surface area (Å²) in [5, 5.41) is 13.3. The predicted octanol–water partition coefficient (Wildman–Crippen LogP) is 5.30. The van der Waals surface area contributed by atoms with Gasteiger partial charge in [0.1, 0.15) is 16.4 Å². The van der Waals surface area contributed by atoms with Crippen LogP contribution in [0.15, 0.2) is 48.5 Å². The fourth-order valence-electron chi connectivity index (χ4n) is 5.78. The van der Waals surface area contributed by atoms with Crippen LogP contribution in [0.2, 0.25) is 0 Å². The molecule has 0 bridgehead atoms. The zero-order valence-electron chi connectivity index (χ0n) is 22.1. The van der Waals surface area contributed by atoms with Gasteiger partial charge in [-0.05, 0) is 62.1 Å². The van der Waals surface area contributed by atoms with E-state index in [1.165, 1.54) is 12.1 Å². The summed E-state index contributed by atoms with van der Waals surface area (Å²) in [6.45, 7) is 0.947. The number of rotatable bonds is 6. The highest BCUT2D eigenvalue weighted by Crippen LogP contribution is 2.47. The quantitative estimate of drug-likeness (QED) is 0.426. The number of amides is 1. The molecule has 6 rings (SSSR count). The van der Waals surface area contributed by atoms with Crippen molar-refractivity contribution in [2.75, 3.05) is 29.5 Å². The molecule has 40 heavy (non-hydrogen) atoms. The fraction of sp³-hybridized carbons (Fsp3) is 0.433. The molecule has 2 atom stereocenters. The van der Waals surface area contributed by atoms with E-state index >= 15 is 0 Å². The van der Waals surface area contributed by atoms with Gasteiger partial charge in [0.15, 0.2) is 9.84 Å². The normalized spacial score (nSPS) is 23.2. The fourth-order valence-corrected chi connectivity index (χ4v) is 8.28. The number of carbonyl (C=O) groups is 1. The van der Waals surface area contributed by atoms with Gasteiger partial charge in [0, 0.05) is 46.6 Å². The van der Waals surface area contributed by atoms with Crippen LogP contribution in [-0.4, -0.2) is 49.4 Å². The number of hydrogen-bond donors (Lipinski definition) is 1. The third kappa shape index (κ3) is 5.50. The molecule has 3 fully saturated rings. The van der Waals surface area contributed by atoms with Gasteiger partial charge in [-0.1, -0.05) is 25.0 Å². The maximum absolute atomic E-state index is 13.7. The van der Waals surface area contributed by atoms with Crippen molar-refractivity contribution in [3.05, 3.63) is 59.2 Å². The van der Waals surface area contributed by atoms with E-state index in [0.29, 0.717) is 25.9 Å². The summed E-state index contributed by atoms with van der Waals surface area (Å²) in [6, 6.07) is 16.6. The smallest absolute Gasteiger partial charge is 0.224 e. The zero-order valence-corrected chi connectivity index (χ0v) is 23.7. The molecule has 2 aromatic carbocycles. The first-order valence-electron chi connectivity index (χ1n) is 13.8. The average Bonchev–Trinajstić information content (AvgIpc) is 3.60. The molecule has 1 aromatic heterocycles. The van der Waals surface area contributed by atoms with Crippen molar-refractivity contribution < 1.29 is 17.6 Å². The number of thiazole rings is 1. The Morgan fingerprint density at radius 1 is 1.02 bits per heavy atom. The number of carbonyl (C=O) groups excluding carboxylic acids is 1. The Morgan fingerprint density at radius 2 is 1.68 bits per heavy atom. The Labute approximate surface area is 238 Å². The maximum Gasteiger partial charge on any atom is 0.224 e. The van der Waals surface area contributed by atoms with Gasteiger partial charge in [-0.3, -0.25) is 4.79 Å². The largest absolute Gasteiger partial charge is 0.369 e. The Morgan fingerprint density at radius 3 is 2.33 bits per heavy atom. The van der Waals surface area contributed by atoms with Gasteiger partial charge in [0.25, 0.3) is 0 Å². The molecule has 2 heterocycles. The van der Waals surface area contributed by atoms with E-state index in [1.807, 2.05) is 24.3 Å². The molecule has 0 radical (unpaired) electrons. The Hall–Kier alpha value is -3.29. The van der Waals surface area contributed by atoms with Crippen molar-refractivity contribution >= 4 is 32.8 Å². The lowest BCUT2D eigenvalue weighted by atomic mass is 9.77. The SMILES string of the molecule is N#CC1(NC(=O)C2CCCCC2c2sc(-c3ccc(F)cc3)nc2-c2ccc(N3CCS(=O)(=O)CC3)cc2)CC1. The minimum atomic E-state index is -2.97. The molecule has 0 spiro atoms. The number of nitrogens with zero attached hydrogens (tertiary/aromatic N) is 3. The molecular formula is C30H31FN4O3S2. The number of hydrogen-bond acceptors (Lipinski definition) is 7. The first-order valence-corrected chi connectivity index (χ1v) is 16.5. The number of nitrogens with one attached hydrogen (secondary N) is 1. The van der Waals surface area contributed by atoms with Crippen LogP contribution in [0.4, 0.5) is 10.1 Å². The summed E-state index contributed by atoms with van der Waals surface area (Å²) < 4.78 is 37.4. The van der Waals surface area contributed by atoms with Gasteiger partial charge < -0.3 is 10.2 Å². The Balaban J connectivity index is 1.35. The van der Waals surface area contributed by atoms with Crippen molar-refractivity contribution in [2.45, 2.75) is 50.0 Å². The lowest BCUT2D eigenvalue weighted by Gasteiger charge is -2.31. The predicted molar refractivity (Wildman–Crippen MR) is 154 cm³/mol. The van der Waals surface area contributed by atoms with Crippen molar-refractivity contribution in [3.8, 4) is 27.9 Å². The monoisotopic (exact) mass is 578 g/mol. The zero-order chi connectivity index (χ0) is 27.9. The molecule has 2 aliphatic carbocycles. The molecule has 208 valence electrons. The minimum absolute atomic E-state index is 0.0306. The van der Waals surface area contributed by atoms with Crippen LogP contribution < -0.4 is 10.2 Å². The Kier molecular flexibility index (Phi) is 7.13. The second kappa shape index (κ2) is 10.6. The molecule has 2 unspecified atom stereocenters. The number of benzene rings is 2. The van der Waals surface area contributed by atoms with E-state index in [4.69, 9.17) is 4.98 Å². The molecular weight excluding hydrogens is 547 g/mol. The first-order chi connectivity index (χ1) is 19.3. The highest BCUT2D eigenvalue weighted by Gasteiger charge is 2.47. The molecule has 1 saturated heterocycles. The molecule has 2 saturated carbocycles. The summed E-state index contributed by atoms with van der Waals surface area (Å²) in [7, 11) is -2.97. The van der Waals surface area contributed by atoms with E-state index in [9.17, 15) is 22.9 Å². The topological polar surface area (TPSA) is 103 Å². The maximum atomic E-state index is 13.7. The van der Waals surface area contributed by atoms with Crippen molar-refractivity contribution in [3.63, 3.8) is 0 Å². The van der Waals surface area contributed by atoms with Crippen LogP contribution in [0.3, 0.4) is 0 Å². The van der Waals surface area contributed by atoms with E-state index in [2.05, 4.69) is 16.3 Å². The summed E-state index contributed by atoms with van der Waals surface area (Å²) in [5.74, 6) is -0.320. The second-order valence-electron chi connectivity index (χ2n) is 11.1. The summed E-state index contributed by atoms with van der Waals surface area (Å²) in [6.07, 6.45) is 4.99. The Bertz CT molecular complexity index is 1540. The molecule has 10 heteroatoms. The van der Waals surface area contributed by atoms with Crippen LogP contribution in [0.1, 0.15) is 49.3 Å². The standard InChI is InChI=1S/C30H31FN4O3S2/c31-22-9-5-21(6-10-22)29-33-26(20-7-11-23(12-8-20)35-15-17-40(37,38)18-16-35)27(39-29)24-3-1-2-4-25(24)28(36)34-30(19-32)13-14-30/h5-12,24-25H,1-4,13-18H2,(H,34,36). The van der Waals surface area contributed by atoms with Crippen molar-refractivity contribution in [1.29, 1.82) is 5.26 Å². The highest BCUT2D eigenvalue weighted by molar-refractivity contribution is 7.91. The summed E-state index contributed by atoms with van der Waals surface area (Å²) >= 11 is 1.56. The van der Waals surface area contributed by atoms with E-state index in [1.54, 1.807) is 23.5 Å². The van der Waals surface area contributed by atoms with Gasteiger partial charge in [-0.15, -0.1) is 11.3 Å².